The van der Waals surface area contributed by atoms with Gasteiger partial charge in [0.2, 0.25) is 0 Å². The highest BCUT2D eigenvalue weighted by atomic mass is 19.4. The van der Waals surface area contributed by atoms with Crippen LogP contribution in [0, 0.1) is 80.8 Å². The van der Waals surface area contributed by atoms with Crippen molar-refractivity contribution in [2.75, 3.05) is 6.61 Å². The Morgan fingerprint density at radius 2 is 0.859 bits per heavy atom. The van der Waals surface area contributed by atoms with E-state index in [0.717, 1.165) is 107 Å². The zero-order valence-electron chi connectivity index (χ0n) is 73.9. The average molecular weight is 1840 g/mol. The van der Waals surface area contributed by atoms with Crippen LogP contribution in [0.5, 0.6) is 5.75 Å². The van der Waals surface area contributed by atoms with Gasteiger partial charge in [0.1, 0.15) is 34.8 Å². The molecule has 5 N–H and O–H groups in total. The number of carbonyl (C=O) groups excluding carboxylic acids is 6. The third kappa shape index (κ3) is 30.8. The second kappa shape index (κ2) is 50.7. The molecular weight excluding hydrogens is 1650 g/mol. The van der Waals surface area contributed by atoms with Crippen molar-refractivity contribution >= 4 is 35.8 Å². The van der Waals surface area contributed by atoms with Gasteiger partial charge in [-0.25, -0.2) is 4.79 Å². The molecule has 11 unspecified atom stereocenters. The highest BCUT2D eigenvalue weighted by Gasteiger charge is 2.66. The van der Waals surface area contributed by atoms with E-state index < -0.39 is 80.4 Å². The van der Waals surface area contributed by atoms with E-state index in [0.29, 0.717) is 93.3 Å². The molecule has 0 amide bonds. The molecule has 0 radical (unpaired) electrons. The molecule has 15 rings (SSSR count). The largest absolute Gasteiger partial charge is 0.508 e. The number of benzene rings is 2. The van der Waals surface area contributed by atoms with E-state index in [1.54, 1.807) is 39.8 Å². The highest BCUT2D eigenvalue weighted by Crippen LogP contribution is 2.64. The summed E-state index contributed by atoms with van der Waals surface area (Å²) < 4.78 is 113. The number of hydrogen-bond acceptors (Lipinski definition) is 17. The summed E-state index contributed by atoms with van der Waals surface area (Å²) in [6, 6.07) is 10.0. The second-order valence-electron chi connectivity index (χ2n) is 40.5. The second-order valence-corrected chi connectivity index (χ2v) is 40.5. The quantitative estimate of drug-likeness (QED) is 0.0417. The number of fused-ring (bicyclic) bond motifs is 1. The van der Waals surface area contributed by atoms with Crippen LogP contribution in [-0.2, 0) is 68.4 Å². The average Bonchev–Trinajstić information content (AvgIpc) is 0.753. The predicted molar refractivity (Wildman–Crippen MR) is 513 cm³/mol. The summed E-state index contributed by atoms with van der Waals surface area (Å²) in [7, 11) is 0. The Morgan fingerprint density at radius 1 is 0.469 bits per heavy atom. The Hall–Kier alpha value is -5.52. The number of hydrogen-bond donors (Lipinski definition) is 5. The number of ether oxygens (including phenoxy) is 6. The molecule has 12 bridgehead atoms. The van der Waals surface area contributed by atoms with Gasteiger partial charge in [0.25, 0.3) is 0 Å². The van der Waals surface area contributed by atoms with Crippen LogP contribution in [0.15, 0.2) is 42.5 Å². The molecule has 0 aromatic heterocycles. The van der Waals surface area contributed by atoms with E-state index >= 15 is 0 Å². The number of alkyl halides is 6. The molecule has 2 heterocycles. The van der Waals surface area contributed by atoms with Gasteiger partial charge in [0.05, 0.1) is 38.8 Å². The van der Waals surface area contributed by atoms with Gasteiger partial charge < -0.3 is 54.0 Å². The first-order valence-corrected chi connectivity index (χ1v) is 43.6. The Bertz CT molecular complexity index is 3570. The van der Waals surface area contributed by atoms with Crippen LogP contribution in [0.3, 0.4) is 0 Å². The molecule has 11 aliphatic carbocycles. The minimum absolute atomic E-state index is 0. The minimum atomic E-state index is -5.08. The lowest BCUT2D eigenvalue weighted by atomic mass is 9.47. The number of carbonyl (C=O) groups is 6. The summed E-state index contributed by atoms with van der Waals surface area (Å²) in [6.07, 6.45) is 11.9. The molecule has 128 heavy (non-hydrogen) atoms. The molecular formula is C105H192F6O17. The van der Waals surface area contributed by atoms with Crippen LogP contribution < -0.4 is 0 Å². The van der Waals surface area contributed by atoms with Gasteiger partial charge in [0.15, 0.2) is 17.8 Å². The number of halogens is 6. The lowest BCUT2D eigenvalue weighted by molar-refractivity contribution is -0.264. The molecule has 2 aromatic rings. The fourth-order valence-corrected chi connectivity index (χ4v) is 19.9. The van der Waals surface area contributed by atoms with Crippen LogP contribution in [0.4, 0.5) is 26.3 Å². The van der Waals surface area contributed by atoms with Gasteiger partial charge in [-0.15, -0.1) is 0 Å². The number of rotatable bonds is 22. The maximum Gasteiger partial charge on any atom is 0.421 e. The highest BCUT2D eigenvalue weighted by molar-refractivity contribution is 5.80. The van der Waals surface area contributed by atoms with Crippen molar-refractivity contribution in [2.45, 2.75) is 478 Å². The number of aromatic hydroxyl groups is 1. The molecule has 11 saturated carbocycles. The first-order valence-electron chi connectivity index (χ1n) is 43.6. The van der Waals surface area contributed by atoms with Gasteiger partial charge in [-0.2, -0.15) is 26.3 Å². The third-order valence-corrected chi connectivity index (χ3v) is 29.3. The Labute approximate surface area is 776 Å². The number of phenols is 1. The lowest BCUT2D eigenvalue weighted by Gasteiger charge is -2.62. The Morgan fingerprint density at radius 3 is 1.24 bits per heavy atom. The topological polar surface area (TPSA) is 259 Å². The van der Waals surface area contributed by atoms with E-state index in [4.69, 9.17) is 33.5 Å². The summed E-state index contributed by atoms with van der Waals surface area (Å²) in [6.45, 7) is 40.4. The molecule has 13 aliphatic rings. The van der Waals surface area contributed by atoms with Crippen LogP contribution in [0.2, 0.25) is 0 Å². The summed E-state index contributed by atoms with van der Waals surface area (Å²) >= 11 is 0. The smallest absolute Gasteiger partial charge is 0.421 e. The van der Waals surface area contributed by atoms with Crippen LogP contribution in [0.1, 0.15) is 436 Å². The van der Waals surface area contributed by atoms with Crippen molar-refractivity contribution in [1.82, 2.24) is 0 Å². The van der Waals surface area contributed by atoms with E-state index in [9.17, 15) is 75.5 Å². The molecule has 2 aromatic carbocycles. The molecule has 11 atom stereocenters. The lowest BCUT2D eigenvalue weighted by Crippen LogP contribution is -2.67. The van der Waals surface area contributed by atoms with Crippen molar-refractivity contribution in [1.29, 1.82) is 0 Å². The van der Waals surface area contributed by atoms with E-state index in [1.165, 1.54) is 50.5 Å². The van der Waals surface area contributed by atoms with Gasteiger partial charge in [-0.3, -0.25) is 24.0 Å². The van der Waals surface area contributed by atoms with Gasteiger partial charge in [-0.05, 0) is 310 Å². The van der Waals surface area contributed by atoms with Crippen LogP contribution >= 0.6 is 0 Å². The number of esters is 6. The first kappa shape index (κ1) is 133. The molecule has 2 aliphatic heterocycles. The summed E-state index contributed by atoms with van der Waals surface area (Å²) in [5.74, 6) is 4.08. The predicted octanol–water partition coefficient (Wildman–Crippen LogP) is 28.4. The molecule has 756 valence electrons. The Balaban J connectivity index is -0.000000347. The maximum absolute atomic E-state index is 13.1. The minimum Gasteiger partial charge on any atom is -0.508 e. The molecule has 17 nitrogen and oxygen atoms in total. The van der Waals surface area contributed by atoms with E-state index in [1.807, 2.05) is 74.4 Å². The fourth-order valence-electron chi connectivity index (χ4n) is 19.9. The van der Waals surface area contributed by atoms with E-state index in [-0.39, 0.29) is 177 Å². The zero-order chi connectivity index (χ0) is 87.5. The van der Waals surface area contributed by atoms with Crippen molar-refractivity contribution in [2.24, 2.45) is 80.8 Å². The molecule has 13 fully saturated rings. The first-order chi connectivity index (χ1) is 53.3. The molecule has 0 spiro atoms. The fraction of sp³-hybridized carbons (Fsp3) is 0.829. The van der Waals surface area contributed by atoms with Crippen molar-refractivity contribution < 1.29 is 109 Å². The third-order valence-electron chi connectivity index (χ3n) is 29.3. The Kier molecular flexibility index (Phi) is 52.8. The summed E-state index contributed by atoms with van der Waals surface area (Å²) in [4.78, 5) is 73.4. The monoisotopic (exact) mass is 1840 g/mol. The maximum atomic E-state index is 13.1. The van der Waals surface area contributed by atoms with Crippen molar-refractivity contribution in [3.63, 3.8) is 0 Å². The number of aliphatic hydroxyl groups is 4. The zero-order valence-corrected chi connectivity index (χ0v) is 73.9. The normalized spacial score (nSPS) is 27.8. The summed E-state index contributed by atoms with van der Waals surface area (Å²) in [5.41, 5.74) is -11.2. The van der Waals surface area contributed by atoms with Crippen LogP contribution in [0.25, 0.3) is 0 Å². The molecule has 2 saturated heterocycles. The van der Waals surface area contributed by atoms with Gasteiger partial charge in [-0.1, -0.05) is 196 Å². The summed E-state index contributed by atoms with van der Waals surface area (Å²) in [5, 5.41) is 49.9. The SMILES string of the molecule is C.C.C.C.C.C.C.C.C.C.C.C.CCC(C)(C)C(=O)OC1(C(C)C)C2CC3CC(C2)CC1C3.CCC(C)(C)C(=O)OC1(C(C)C)CCCC1.CCC(C)(C)C(=O)OC12CC3CC(O)(CC(O)(C3)C1)C2.CCC(C)(C)C(=O)OCC(=O)OC1C2CC3CC(C2)C(=O)OC1C3.CCC(C)c1cc(C(C)(O)C(F)(F)F)cc(C(C)(O)C(F)(F)F)c1.CCC(C)c1ccc(O)cc1. The van der Waals surface area contributed by atoms with Crippen LogP contribution in [-0.4, -0.2) is 121 Å². The standard InChI is InChI=1S/C19H32O2.C18H26O6.C16H20F6O2.C16H26O4.C14H26O2.C10H14O.12CH4/c1-6-18(4,5)17(20)21-19(12(2)3)15-8-13-7-14(10-15)11-16(19)9-13;1-4-18(2,3)17(21)22-9-14(19)24-15-11-5-10-6-12(8-11)16(20)23-13(15)7-10;1-5-9(2)10-6-11(13(3,23)15(17,18)19)8-12(7-10)14(4,24)16(20,21)22;1-4-13(2,3)12(17)20-16-7-11-5-14(18,9-16)8-15(19,6-11)10-16;1-6-13(4,5)12(15)16-14(11(2)3)9-7-8-10-14;1-3-8(2)9-4-6-10(11)7-5-9;;;;;;;;;;;;/h12-16H,6-11H2,1-5H3;10-13,15H,4-9H2,1-3H3;6-9,23-24H,5H2,1-4H3;11,18-19H,4-10H2,1-3H3;11H,6-10H2,1-5H3;4-8,11H,3H2,1-2H3;12*1H4. The van der Waals surface area contributed by atoms with Gasteiger partial charge >= 0.3 is 48.2 Å². The van der Waals surface area contributed by atoms with E-state index in [2.05, 4.69) is 48.5 Å². The van der Waals surface area contributed by atoms with Crippen molar-refractivity contribution in [3.05, 3.63) is 64.7 Å². The van der Waals surface area contributed by atoms with Gasteiger partial charge in [0, 0.05) is 25.2 Å². The van der Waals surface area contributed by atoms with Crippen molar-refractivity contribution in [3.8, 4) is 5.75 Å². The number of phenolic OH excluding ortho intramolecular Hbond substituents is 1. The molecule has 23 heteroatoms.